The molecule has 0 aliphatic carbocycles. The molecule has 1 rings (SSSR count). The molecule has 0 radical (unpaired) electrons. The number of aromatic nitrogens is 1. The van der Waals surface area contributed by atoms with Crippen LogP contribution in [-0.4, -0.2) is 11.6 Å². The molecule has 2 nitrogen and oxygen atoms in total. The van der Waals surface area contributed by atoms with Gasteiger partial charge in [0.05, 0.1) is 6.61 Å². The molecule has 3 heteroatoms. The number of ether oxygens (including phenoxy) is 1. The van der Waals surface area contributed by atoms with Gasteiger partial charge in [0.15, 0.2) is 0 Å². The highest BCUT2D eigenvalue weighted by atomic mass is 35.5. The first-order chi connectivity index (χ1) is 7.26. The average Bonchev–Trinajstić information content (AvgIpc) is 2.23. The number of aryl methyl sites for hydroxylation is 1. The van der Waals surface area contributed by atoms with Crippen LogP contribution >= 0.6 is 11.6 Å². The molecule has 0 bridgehead atoms. The molecule has 0 unspecified atom stereocenters. The van der Waals surface area contributed by atoms with Crippen molar-refractivity contribution in [2.24, 2.45) is 0 Å². The summed E-state index contributed by atoms with van der Waals surface area (Å²) < 4.78 is 5.56. The number of unbranched alkanes of at least 4 members (excludes halogenated alkanes) is 2. The summed E-state index contributed by atoms with van der Waals surface area (Å²) >= 11 is 5.77. The smallest absolute Gasteiger partial charge is 0.213 e. The standard InChI is InChI=1S/C12H18ClNO/c1-3-4-5-6-15-12-8-11(9-13)7-10(2)14-12/h7-8H,3-6,9H2,1-2H3. The second kappa shape index (κ2) is 6.67. The highest BCUT2D eigenvalue weighted by Gasteiger charge is 2.00. The zero-order valence-electron chi connectivity index (χ0n) is 9.42. The number of nitrogens with zero attached hydrogens (tertiary/aromatic N) is 1. The van der Waals surface area contributed by atoms with Gasteiger partial charge in [0.2, 0.25) is 5.88 Å². The Morgan fingerprint density at radius 2 is 2.13 bits per heavy atom. The number of alkyl halides is 1. The van der Waals surface area contributed by atoms with E-state index < -0.39 is 0 Å². The van der Waals surface area contributed by atoms with E-state index >= 15 is 0 Å². The van der Waals surface area contributed by atoms with Crippen molar-refractivity contribution in [3.8, 4) is 5.88 Å². The topological polar surface area (TPSA) is 22.1 Å². The Labute approximate surface area is 96.6 Å². The highest BCUT2D eigenvalue weighted by molar-refractivity contribution is 6.17. The molecule has 0 atom stereocenters. The molecule has 0 fully saturated rings. The van der Waals surface area contributed by atoms with E-state index in [-0.39, 0.29) is 0 Å². The summed E-state index contributed by atoms with van der Waals surface area (Å²) in [6, 6.07) is 3.89. The van der Waals surface area contributed by atoms with Crippen molar-refractivity contribution in [3.05, 3.63) is 23.4 Å². The van der Waals surface area contributed by atoms with Crippen LogP contribution in [0.2, 0.25) is 0 Å². The number of halogens is 1. The molecule has 0 saturated carbocycles. The molecule has 0 N–H and O–H groups in total. The fourth-order valence-electron chi connectivity index (χ4n) is 1.39. The minimum absolute atomic E-state index is 0.509. The Hall–Kier alpha value is -0.760. The quantitative estimate of drug-likeness (QED) is 0.546. The van der Waals surface area contributed by atoms with Gasteiger partial charge in [0.1, 0.15) is 0 Å². The maximum Gasteiger partial charge on any atom is 0.213 e. The van der Waals surface area contributed by atoms with Crippen LogP contribution in [-0.2, 0) is 5.88 Å². The Morgan fingerprint density at radius 1 is 1.33 bits per heavy atom. The second-order valence-electron chi connectivity index (χ2n) is 3.64. The largest absolute Gasteiger partial charge is 0.478 e. The monoisotopic (exact) mass is 227 g/mol. The van der Waals surface area contributed by atoms with Gasteiger partial charge in [-0.15, -0.1) is 11.6 Å². The minimum Gasteiger partial charge on any atom is -0.478 e. The van der Waals surface area contributed by atoms with Crippen molar-refractivity contribution in [2.45, 2.75) is 39.0 Å². The van der Waals surface area contributed by atoms with Crippen molar-refractivity contribution in [1.82, 2.24) is 4.98 Å². The molecule has 0 aliphatic heterocycles. The summed E-state index contributed by atoms with van der Waals surface area (Å²) in [6.45, 7) is 4.87. The SMILES string of the molecule is CCCCCOc1cc(CCl)cc(C)n1. The molecule has 84 valence electrons. The Kier molecular flexibility index (Phi) is 5.48. The number of pyridine rings is 1. The third-order valence-corrected chi connectivity index (χ3v) is 2.45. The Bertz CT molecular complexity index is 302. The van der Waals surface area contributed by atoms with Crippen LogP contribution in [0.1, 0.15) is 37.4 Å². The van der Waals surface area contributed by atoms with Gasteiger partial charge >= 0.3 is 0 Å². The lowest BCUT2D eigenvalue weighted by Crippen LogP contribution is -2.00. The lowest BCUT2D eigenvalue weighted by molar-refractivity contribution is 0.294. The third kappa shape index (κ3) is 4.52. The van der Waals surface area contributed by atoms with Crippen LogP contribution in [0.5, 0.6) is 5.88 Å². The van der Waals surface area contributed by atoms with E-state index in [1.165, 1.54) is 12.8 Å². The molecule has 1 heterocycles. The fraction of sp³-hybridized carbons (Fsp3) is 0.583. The molecule has 1 aromatic rings. The van der Waals surface area contributed by atoms with Gasteiger partial charge < -0.3 is 4.74 Å². The molecule has 0 saturated heterocycles. The van der Waals surface area contributed by atoms with Crippen molar-refractivity contribution >= 4 is 11.6 Å². The molecule has 0 aliphatic rings. The molecule has 1 aromatic heterocycles. The molecular weight excluding hydrogens is 210 g/mol. The summed E-state index contributed by atoms with van der Waals surface area (Å²) in [4.78, 5) is 4.30. The maximum absolute atomic E-state index is 5.77. The van der Waals surface area contributed by atoms with Crippen LogP contribution in [0.3, 0.4) is 0 Å². The van der Waals surface area contributed by atoms with Gasteiger partial charge in [-0.05, 0) is 25.0 Å². The van der Waals surface area contributed by atoms with Gasteiger partial charge in [-0.25, -0.2) is 4.98 Å². The predicted octanol–water partition coefficient (Wildman–Crippen LogP) is 3.70. The molecular formula is C12H18ClNO. The Balaban J connectivity index is 2.49. The predicted molar refractivity (Wildman–Crippen MR) is 63.6 cm³/mol. The third-order valence-electron chi connectivity index (χ3n) is 2.14. The first-order valence-corrected chi connectivity index (χ1v) is 5.96. The van der Waals surface area contributed by atoms with Crippen molar-refractivity contribution in [2.75, 3.05) is 6.61 Å². The summed E-state index contributed by atoms with van der Waals surface area (Å²) in [5.74, 6) is 1.20. The van der Waals surface area contributed by atoms with E-state index in [1.54, 1.807) is 0 Å². The van der Waals surface area contributed by atoms with E-state index in [9.17, 15) is 0 Å². The van der Waals surface area contributed by atoms with Gasteiger partial charge in [0.25, 0.3) is 0 Å². The molecule has 15 heavy (non-hydrogen) atoms. The number of hydrogen-bond acceptors (Lipinski definition) is 2. The lowest BCUT2D eigenvalue weighted by atomic mass is 10.2. The molecule has 0 spiro atoms. The second-order valence-corrected chi connectivity index (χ2v) is 3.91. The summed E-state index contributed by atoms with van der Waals surface area (Å²) in [5, 5.41) is 0. The Morgan fingerprint density at radius 3 is 2.80 bits per heavy atom. The van der Waals surface area contributed by atoms with Crippen LogP contribution in [0.15, 0.2) is 12.1 Å². The van der Waals surface area contributed by atoms with E-state index in [1.807, 2.05) is 19.1 Å². The van der Waals surface area contributed by atoms with Crippen molar-refractivity contribution in [1.29, 1.82) is 0 Å². The normalized spacial score (nSPS) is 10.3. The van der Waals surface area contributed by atoms with Crippen LogP contribution in [0.25, 0.3) is 0 Å². The number of rotatable bonds is 6. The van der Waals surface area contributed by atoms with E-state index in [0.717, 1.165) is 24.3 Å². The van der Waals surface area contributed by atoms with Crippen LogP contribution < -0.4 is 4.74 Å². The maximum atomic E-state index is 5.77. The van der Waals surface area contributed by atoms with Crippen LogP contribution in [0.4, 0.5) is 0 Å². The first kappa shape index (κ1) is 12.3. The summed E-state index contributed by atoms with van der Waals surface area (Å²) in [6.07, 6.45) is 3.49. The van der Waals surface area contributed by atoms with Crippen molar-refractivity contribution < 1.29 is 4.74 Å². The van der Waals surface area contributed by atoms with Crippen molar-refractivity contribution in [3.63, 3.8) is 0 Å². The van der Waals surface area contributed by atoms with Crippen LogP contribution in [0, 0.1) is 6.92 Å². The zero-order chi connectivity index (χ0) is 11.1. The fourth-order valence-corrected chi connectivity index (χ4v) is 1.54. The zero-order valence-corrected chi connectivity index (χ0v) is 10.2. The number of hydrogen-bond donors (Lipinski definition) is 0. The highest BCUT2D eigenvalue weighted by Crippen LogP contribution is 2.14. The van der Waals surface area contributed by atoms with Gasteiger partial charge in [-0.3, -0.25) is 0 Å². The van der Waals surface area contributed by atoms with Gasteiger partial charge in [-0.2, -0.15) is 0 Å². The lowest BCUT2D eigenvalue weighted by Gasteiger charge is -2.07. The van der Waals surface area contributed by atoms with Gasteiger partial charge in [-0.1, -0.05) is 19.8 Å². The van der Waals surface area contributed by atoms with E-state index in [4.69, 9.17) is 16.3 Å². The molecule has 0 amide bonds. The van der Waals surface area contributed by atoms with Gasteiger partial charge in [0, 0.05) is 17.6 Å². The molecule has 0 aromatic carbocycles. The minimum atomic E-state index is 0.509. The first-order valence-electron chi connectivity index (χ1n) is 5.42. The van der Waals surface area contributed by atoms with E-state index in [2.05, 4.69) is 11.9 Å². The summed E-state index contributed by atoms with van der Waals surface area (Å²) in [5.41, 5.74) is 2.02. The average molecular weight is 228 g/mol. The van der Waals surface area contributed by atoms with E-state index in [0.29, 0.717) is 11.8 Å². The summed E-state index contributed by atoms with van der Waals surface area (Å²) in [7, 11) is 0.